The van der Waals surface area contributed by atoms with Gasteiger partial charge in [-0.3, -0.25) is 0 Å². The molecule has 162 valence electrons. The Balaban J connectivity index is 0.00000105. The average Bonchev–Trinajstić information content (AvgIpc) is 3.60. The molecule has 1 fully saturated rings. The maximum absolute atomic E-state index is 4.87. The topological polar surface area (TPSA) is 84.4 Å². The van der Waals surface area contributed by atoms with Crippen molar-refractivity contribution in [2.24, 2.45) is 0 Å². The van der Waals surface area contributed by atoms with Gasteiger partial charge < -0.3 is 10.6 Å². The summed E-state index contributed by atoms with van der Waals surface area (Å²) in [5.74, 6) is 0.870. The molecule has 8 heteroatoms. The Hall–Kier alpha value is -3.78. The summed E-state index contributed by atoms with van der Waals surface area (Å²) >= 11 is 0. The van der Waals surface area contributed by atoms with Gasteiger partial charge in [0.2, 0.25) is 0 Å². The Morgan fingerprint density at radius 1 is 1.00 bits per heavy atom. The molecule has 5 aromatic heterocycles. The second kappa shape index (κ2) is 8.76. The van der Waals surface area contributed by atoms with Crippen molar-refractivity contribution < 1.29 is 0 Å². The number of nitrogens with zero attached hydrogens (tertiary/aromatic N) is 6. The van der Waals surface area contributed by atoms with Crippen LogP contribution >= 0.6 is 0 Å². The van der Waals surface area contributed by atoms with Crippen LogP contribution in [0.4, 0.5) is 5.82 Å². The maximum Gasteiger partial charge on any atom is 0.154 e. The number of rotatable bonds is 4. The largest absolute Gasteiger partial charge is 0.366 e. The summed E-state index contributed by atoms with van der Waals surface area (Å²) in [6.45, 7) is 6.01. The van der Waals surface area contributed by atoms with E-state index in [9.17, 15) is 0 Å². The van der Waals surface area contributed by atoms with Crippen molar-refractivity contribution in [3.63, 3.8) is 0 Å². The summed E-state index contributed by atoms with van der Waals surface area (Å²) in [5.41, 5.74) is 5.31. The molecule has 0 aliphatic carbocycles. The van der Waals surface area contributed by atoms with E-state index in [1.165, 1.54) is 0 Å². The third-order valence-corrected chi connectivity index (χ3v) is 5.49. The monoisotopic (exact) mass is 426 g/mol. The fourth-order valence-electron chi connectivity index (χ4n) is 3.97. The minimum Gasteiger partial charge on any atom is -0.366 e. The van der Waals surface area contributed by atoms with Gasteiger partial charge in [0.15, 0.2) is 5.65 Å². The third-order valence-electron chi connectivity index (χ3n) is 5.49. The molecular formula is C24H26N8. The highest BCUT2D eigenvalue weighted by Crippen LogP contribution is 2.25. The number of pyridine rings is 2. The van der Waals surface area contributed by atoms with Crippen LogP contribution in [-0.2, 0) is 0 Å². The highest BCUT2D eigenvalue weighted by molar-refractivity contribution is 5.78. The summed E-state index contributed by atoms with van der Waals surface area (Å²) in [7, 11) is 0. The number of anilines is 1. The first-order valence-electron chi connectivity index (χ1n) is 11.1. The predicted molar refractivity (Wildman–Crippen MR) is 127 cm³/mol. The van der Waals surface area contributed by atoms with Crippen LogP contribution in [0.2, 0.25) is 0 Å². The molecule has 2 N–H and O–H groups in total. The molecule has 5 aromatic rings. The minimum absolute atomic E-state index is 0.412. The van der Waals surface area contributed by atoms with Gasteiger partial charge in [0.05, 0.1) is 29.3 Å². The summed E-state index contributed by atoms with van der Waals surface area (Å²) < 4.78 is 3.70. The van der Waals surface area contributed by atoms with E-state index in [1.54, 1.807) is 0 Å². The van der Waals surface area contributed by atoms with Gasteiger partial charge in [-0.15, -0.1) is 0 Å². The van der Waals surface area contributed by atoms with Crippen molar-refractivity contribution in [3.05, 3.63) is 67.1 Å². The number of hydrogen-bond donors (Lipinski definition) is 2. The van der Waals surface area contributed by atoms with E-state index in [-0.39, 0.29) is 0 Å². The highest BCUT2D eigenvalue weighted by Gasteiger charge is 2.16. The summed E-state index contributed by atoms with van der Waals surface area (Å²) in [4.78, 5) is 9.34. The van der Waals surface area contributed by atoms with Crippen molar-refractivity contribution in [1.29, 1.82) is 0 Å². The van der Waals surface area contributed by atoms with Crippen LogP contribution in [0.25, 0.3) is 33.8 Å². The zero-order valence-corrected chi connectivity index (χ0v) is 18.2. The first kappa shape index (κ1) is 20.1. The Morgan fingerprint density at radius 3 is 2.81 bits per heavy atom. The van der Waals surface area contributed by atoms with Crippen LogP contribution in [0.15, 0.2) is 67.1 Å². The van der Waals surface area contributed by atoms with Gasteiger partial charge >= 0.3 is 0 Å². The second-order valence-electron chi connectivity index (χ2n) is 7.46. The summed E-state index contributed by atoms with van der Waals surface area (Å²) in [6, 6.07) is 16.4. The van der Waals surface area contributed by atoms with Crippen molar-refractivity contribution >= 4 is 17.0 Å². The van der Waals surface area contributed by atoms with Crippen LogP contribution in [0.3, 0.4) is 0 Å². The molecule has 6 heterocycles. The van der Waals surface area contributed by atoms with Gasteiger partial charge in [0.25, 0.3) is 0 Å². The van der Waals surface area contributed by atoms with Gasteiger partial charge in [-0.05, 0) is 49.4 Å². The molecular weight excluding hydrogens is 400 g/mol. The van der Waals surface area contributed by atoms with E-state index < -0.39 is 0 Å². The Bertz CT molecular complexity index is 1350. The van der Waals surface area contributed by atoms with Gasteiger partial charge in [0.1, 0.15) is 11.5 Å². The van der Waals surface area contributed by atoms with Gasteiger partial charge in [-0.25, -0.2) is 19.0 Å². The Kier molecular flexibility index (Phi) is 5.51. The lowest BCUT2D eigenvalue weighted by atomic mass is 10.2. The van der Waals surface area contributed by atoms with Crippen molar-refractivity contribution in [2.75, 3.05) is 18.4 Å². The van der Waals surface area contributed by atoms with Crippen molar-refractivity contribution in [3.8, 4) is 22.6 Å². The third kappa shape index (κ3) is 3.69. The maximum atomic E-state index is 4.87. The standard InChI is InChI=1S/C22H20N8.C2H6/c1-2-11-29-19(5-1)16(13-25-29)17-7-8-22-24-14-20(30(22)28-17)18-4-3-6-21(27-18)26-15-9-10-23-12-15;1-2/h1-8,11,13-15,23H,9-10,12H2,(H,26,27);1-2H3. The van der Waals surface area contributed by atoms with Crippen LogP contribution < -0.4 is 10.6 Å². The van der Waals surface area contributed by atoms with Crippen LogP contribution in [0, 0.1) is 0 Å². The molecule has 0 saturated carbocycles. The molecule has 0 bridgehead atoms. The number of fused-ring (bicyclic) bond motifs is 2. The van der Waals surface area contributed by atoms with E-state index in [1.807, 2.05) is 90.0 Å². The lowest BCUT2D eigenvalue weighted by Gasteiger charge is -2.12. The van der Waals surface area contributed by atoms with Gasteiger partial charge in [-0.2, -0.15) is 10.2 Å². The fraction of sp³-hybridized carbons (Fsp3) is 0.250. The first-order valence-corrected chi connectivity index (χ1v) is 11.1. The van der Waals surface area contributed by atoms with Gasteiger partial charge in [0, 0.05) is 24.3 Å². The molecule has 1 saturated heterocycles. The Morgan fingerprint density at radius 2 is 1.94 bits per heavy atom. The molecule has 0 amide bonds. The summed E-state index contributed by atoms with van der Waals surface area (Å²) in [5, 5.41) is 16.2. The number of hydrogen-bond acceptors (Lipinski definition) is 6. The van der Waals surface area contributed by atoms with E-state index in [0.29, 0.717) is 6.04 Å². The van der Waals surface area contributed by atoms with Crippen molar-refractivity contribution in [2.45, 2.75) is 26.3 Å². The lowest BCUT2D eigenvalue weighted by molar-refractivity contribution is 0.788. The zero-order chi connectivity index (χ0) is 21.9. The Labute approximate surface area is 186 Å². The molecule has 0 aromatic carbocycles. The molecule has 1 unspecified atom stereocenters. The number of aromatic nitrogens is 6. The fourth-order valence-corrected chi connectivity index (χ4v) is 3.97. The van der Waals surface area contributed by atoms with Crippen LogP contribution in [-0.4, -0.2) is 48.3 Å². The van der Waals surface area contributed by atoms with Crippen LogP contribution in [0.1, 0.15) is 20.3 Å². The normalized spacial score (nSPS) is 15.6. The highest BCUT2D eigenvalue weighted by atomic mass is 15.3. The second-order valence-corrected chi connectivity index (χ2v) is 7.46. The zero-order valence-electron chi connectivity index (χ0n) is 18.2. The van der Waals surface area contributed by atoms with E-state index in [0.717, 1.165) is 59.1 Å². The van der Waals surface area contributed by atoms with E-state index in [2.05, 4.69) is 20.7 Å². The van der Waals surface area contributed by atoms with E-state index >= 15 is 0 Å². The molecule has 1 aliphatic rings. The molecule has 1 atom stereocenters. The SMILES string of the molecule is CC.c1cc(NC2CCNC2)nc(-c2cnc3ccc(-c4cnn5ccccc45)nn23)c1. The molecule has 8 nitrogen and oxygen atoms in total. The summed E-state index contributed by atoms with van der Waals surface area (Å²) in [6.07, 6.45) is 6.71. The molecule has 0 spiro atoms. The molecule has 1 aliphatic heterocycles. The predicted octanol–water partition coefficient (Wildman–Crippen LogP) is 3.91. The smallest absolute Gasteiger partial charge is 0.154 e. The molecule has 6 rings (SSSR count). The number of nitrogens with one attached hydrogen (secondary N) is 2. The van der Waals surface area contributed by atoms with Crippen LogP contribution in [0.5, 0.6) is 0 Å². The quantitative estimate of drug-likeness (QED) is 0.453. The van der Waals surface area contributed by atoms with Crippen molar-refractivity contribution in [1.82, 2.24) is 34.5 Å². The first-order chi connectivity index (χ1) is 15.8. The van der Waals surface area contributed by atoms with E-state index in [4.69, 9.17) is 10.1 Å². The van der Waals surface area contributed by atoms with Gasteiger partial charge in [-0.1, -0.05) is 26.0 Å². The lowest BCUT2D eigenvalue weighted by Crippen LogP contribution is -2.22. The molecule has 0 radical (unpaired) electrons. The minimum atomic E-state index is 0.412. The number of imidazole rings is 1. The average molecular weight is 427 g/mol. The molecule has 32 heavy (non-hydrogen) atoms.